The molecule has 1 aliphatic rings. The normalized spacial score (nSPS) is 17.0. The molecule has 1 saturated heterocycles. The van der Waals surface area contributed by atoms with Gasteiger partial charge in [0.05, 0.1) is 59.1 Å². The van der Waals surface area contributed by atoms with Gasteiger partial charge in [-0.3, -0.25) is 0 Å². The van der Waals surface area contributed by atoms with E-state index in [2.05, 4.69) is 38.3 Å². The lowest BCUT2D eigenvalue weighted by molar-refractivity contribution is -0.0776. The fourth-order valence-electron chi connectivity index (χ4n) is 7.16. The summed E-state index contributed by atoms with van der Waals surface area (Å²) in [5.41, 5.74) is 7.63. The highest BCUT2D eigenvalue weighted by atomic mass is 16.5. The minimum Gasteiger partial charge on any atom is -0.375 e. The molecule has 3 aromatic carbocycles. The molecule has 3 aromatic heterocycles. The molecule has 3 atom stereocenters. The predicted octanol–water partition coefficient (Wildman–Crippen LogP) is 7.90. The van der Waals surface area contributed by atoms with Crippen LogP contribution in [0, 0.1) is 35.2 Å². The molecule has 51 heavy (non-hydrogen) atoms. The quantitative estimate of drug-likeness (QED) is 0.122. The number of aromatic nitrogens is 6. The van der Waals surface area contributed by atoms with Gasteiger partial charge in [-0.25, -0.2) is 18.9 Å². The van der Waals surface area contributed by atoms with Gasteiger partial charge in [-0.05, 0) is 129 Å². The average Bonchev–Trinajstić information content (AvgIpc) is 4.00. The lowest BCUT2D eigenvalue weighted by atomic mass is 9.83. The first kappa shape index (κ1) is 33.2. The van der Waals surface area contributed by atoms with E-state index in [-0.39, 0.29) is 12.2 Å². The molecule has 3 unspecified atom stereocenters. The SMILES string of the molecule is [C-]#[N+]c1cc(-n2cccn2)ccc1CCC1CC(CCc2ccc(-n3cccn3)cc2C#N)CC(CCc2ccc(-n3cccn3)cc2C#N)O1. The van der Waals surface area contributed by atoms with Crippen LogP contribution in [0.3, 0.4) is 0 Å². The number of nitrogens with zero attached hydrogens (tertiary/aromatic N) is 9. The molecule has 10 heteroatoms. The first-order valence-electron chi connectivity index (χ1n) is 17.3. The molecule has 10 nitrogen and oxygen atoms in total. The summed E-state index contributed by atoms with van der Waals surface area (Å²) >= 11 is 0. The van der Waals surface area contributed by atoms with Crippen molar-refractivity contribution in [1.29, 1.82) is 10.5 Å². The van der Waals surface area contributed by atoms with Crippen LogP contribution in [0.25, 0.3) is 21.9 Å². The minimum absolute atomic E-state index is 0.0336. The third-order valence-electron chi connectivity index (χ3n) is 9.79. The maximum atomic E-state index is 9.99. The first-order valence-corrected chi connectivity index (χ1v) is 17.3. The number of aryl methyl sites for hydroxylation is 3. The van der Waals surface area contributed by atoms with Crippen LogP contribution in [-0.4, -0.2) is 41.5 Å². The monoisotopic (exact) mass is 671 g/mol. The van der Waals surface area contributed by atoms with Crippen LogP contribution in [0.15, 0.2) is 110 Å². The van der Waals surface area contributed by atoms with Crippen LogP contribution in [0.1, 0.15) is 59.9 Å². The van der Waals surface area contributed by atoms with E-state index < -0.39 is 0 Å². The van der Waals surface area contributed by atoms with Gasteiger partial charge in [0.2, 0.25) is 0 Å². The zero-order valence-corrected chi connectivity index (χ0v) is 28.2. The van der Waals surface area contributed by atoms with Gasteiger partial charge in [0.25, 0.3) is 0 Å². The summed E-state index contributed by atoms with van der Waals surface area (Å²) in [6.45, 7) is 7.85. The second-order valence-corrected chi connectivity index (χ2v) is 13.0. The summed E-state index contributed by atoms with van der Waals surface area (Å²) in [6, 6.07) is 28.3. The van der Waals surface area contributed by atoms with E-state index in [0.717, 1.165) is 85.1 Å². The van der Waals surface area contributed by atoms with E-state index >= 15 is 0 Å². The lowest BCUT2D eigenvalue weighted by Gasteiger charge is -2.36. The molecule has 0 radical (unpaired) electrons. The molecule has 1 aliphatic heterocycles. The molecule has 4 heterocycles. The van der Waals surface area contributed by atoms with E-state index in [9.17, 15) is 10.5 Å². The Kier molecular flexibility index (Phi) is 10.1. The highest BCUT2D eigenvalue weighted by Gasteiger charge is 2.30. The number of ether oxygens (including phenoxy) is 1. The van der Waals surface area contributed by atoms with E-state index in [4.69, 9.17) is 11.3 Å². The second kappa shape index (κ2) is 15.5. The maximum Gasteiger partial charge on any atom is 0.192 e. The predicted molar refractivity (Wildman–Crippen MR) is 193 cm³/mol. The Balaban J connectivity index is 1.06. The molecule has 0 saturated carbocycles. The number of hydrogen-bond donors (Lipinski definition) is 0. The Morgan fingerprint density at radius 1 is 0.647 bits per heavy atom. The van der Waals surface area contributed by atoms with Crippen molar-refractivity contribution < 1.29 is 4.74 Å². The Labute approximate surface area is 297 Å². The van der Waals surface area contributed by atoms with Gasteiger partial charge in [0.15, 0.2) is 5.69 Å². The smallest absolute Gasteiger partial charge is 0.192 e. The Hall–Kier alpha value is -6.28. The third-order valence-corrected chi connectivity index (χ3v) is 9.79. The van der Waals surface area contributed by atoms with Crippen LogP contribution < -0.4 is 0 Å². The summed E-state index contributed by atoms with van der Waals surface area (Å²) in [7, 11) is 0. The number of nitriles is 2. The minimum atomic E-state index is 0.0336. The van der Waals surface area contributed by atoms with Crippen molar-refractivity contribution in [2.75, 3.05) is 0 Å². The van der Waals surface area contributed by atoms with Crippen molar-refractivity contribution in [2.24, 2.45) is 5.92 Å². The van der Waals surface area contributed by atoms with Crippen molar-refractivity contribution in [2.45, 2.75) is 63.6 Å². The summed E-state index contributed by atoms with van der Waals surface area (Å²) < 4.78 is 12.1. The van der Waals surface area contributed by atoms with Crippen molar-refractivity contribution >= 4 is 5.69 Å². The molecule has 0 amide bonds. The molecule has 6 aromatic rings. The zero-order valence-electron chi connectivity index (χ0n) is 28.2. The Morgan fingerprint density at radius 3 is 1.55 bits per heavy atom. The van der Waals surface area contributed by atoms with Gasteiger partial charge in [0.1, 0.15) is 0 Å². The van der Waals surface area contributed by atoms with Gasteiger partial charge >= 0.3 is 0 Å². The van der Waals surface area contributed by atoms with Gasteiger partial charge in [-0.15, -0.1) is 0 Å². The van der Waals surface area contributed by atoms with Crippen LogP contribution in [-0.2, 0) is 24.0 Å². The molecule has 1 fully saturated rings. The van der Waals surface area contributed by atoms with Gasteiger partial charge in [-0.1, -0.05) is 18.2 Å². The van der Waals surface area contributed by atoms with Gasteiger partial charge in [-0.2, -0.15) is 25.8 Å². The number of hydrogen-bond acceptors (Lipinski definition) is 6. The van der Waals surface area contributed by atoms with Crippen LogP contribution >= 0.6 is 0 Å². The van der Waals surface area contributed by atoms with E-state index in [1.807, 2.05) is 85.3 Å². The standard InChI is InChI=1S/C41H37N9O/c1-44-41-27-38(50-22-4-19-47-50)14-9-33(41)11-16-40-24-30(5-6-31-7-12-36(25-34(31)28-42)48-20-2-17-45-48)23-39(51-40)15-10-32-8-13-37(26-35(32)29-43)49-21-3-18-46-49/h2-4,7-9,12-14,17-22,25-27,30,39-40H,5-6,10-11,15-16,23-24H2. The molecule has 7 rings (SSSR count). The van der Waals surface area contributed by atoms with Crippen LogP contribution in [0.4, 0.5) is 5.69 Å². The fourth-order valence-corrected chi connectivity index (χ4v) is 7.16. The van der Waals surface area contributed by atoms with Gasteiger partial charge in [0, 0.05) is 37.2 Å². The van der Waals surface area contributed by atoms with Crippen LogP contribution in [0.2, 0.25) is 0 Å². The van der Waals surface area contributed by atoms with Crippen molar-refractivity contribution in [3.05, 3.63) is 149 Å². The highest BCUT2D eigenvalue weighted by molar-refractivity contribution is 5.58. The Morgan fingerprint density at radius 2 is 1.10 bits per heavy atom. The van der Waals surface area contributed by atoms with Crippen molar-refractivity contribution in [3.8, 4) is 29.2 Å². The Bertz CT molecular complexity index is 1940. The average molecular weight is 672 g/mol. The molecule has 0 bridgehead atoms. The molecule has 0 aliphatic carbocycles. The number of rotatable bonds is 12. The van der Waals surface area contributed by atoms with Crippen molar-refractivity contribution in [3.63, 3.8) is 0 Å². The topological polar surface area (TPSA) is 115 Å². The number of benzene rings is 3. The summed E-state index contributed by atoms with van der Waals surface area (Å²) in [6.07, 6.45) is 17.5. The third kappa shape index (κ3) is 7.81. The second-order valence-electron chi connectivity index (χ2n) is 13.0. The largest absolute Gasteiger partial charge is 0.375 e. The molecule has 0 spiro atoms. The molecule has 0 N–H and O–H groups in total. The summed E-state index contributed by atoms with van der Waals surface area (Å²) in [5.74, 6) is 0.409. The maximum absolute atomic E-state index is 9.99. The molecular weight excluding hydrogens is 635 g/mol. The van der Waals surface area contributed by atoms with E-state index in [0.29, 0.717) is 22.7 Å². The molecule has 252 valence electrons. The fraction of sp³-hybridized carbons (Fsp3) is 0.268. The lowest BCUT2D eigenvalue weighted by Crippen LogP contribution is -2.34. The van der Waals surface area contributed by atoms with E-state index in [1.165, 1.54) is 0 Å². The van der Waals surface area contributed by atoms with Crippen molar-refractivity contribution in [1.82, 2.24) is 29.3 Å². The van der Waals surface area contributed by atoms with Gasteiger partial charge < -0.3 is 4.74 Å². The zero-order chi connectivity index (χ0) is 35.0. The summed E-state index contributed by atoms with van der Waals surface area (Å²) in [4.78, 5) is 3.84. The summed E-state index contributed by atoms with van der Waals surface area (Å²) in [5, 5.41) is 32.9. The highest BCUT2D eigenvalue weighted by Crippen LogP contribution is 2.34. The van der Waals surface area contributed by atoms with Crippen LogP contribution in [0.5, 0.6) is 0 Å². The van der Waals surface area contributed by atoms with E-state index in [1.54, 1.807) is 32.6 Å². The first-order chi connectivity index (χ1) is 25.1. The molecular formula is C41H37N9O.